The second-order valence-electron chi connectivity index (χ2n) is 9.85. The second kappa shape index (κ2) is 8.63. The molecule has 4 atom stereocenters. The average molecular weight is 498 g/mol. The number of anilines is 1. The van der Waals surface area contributed by atoms with Gasteiger partial charge in [0.1, 0.15) is 6.04 Å². The Labute approximate surface area is 219 Å². The van der Waals surface area contributed by atoms with E-state index in [9.17, 15) is 14.4 Å². The molecule has 6 nitrogen and oxygen atoms in total. The fourth-order valence-corrected chi connectivity index (χ4v) is 6.13. The van der Waals surface area contributed by atoms with Crippen molar-refractivity contribution in [3.8, 4) is 11.1 Å². The highest BCUT2D eigenvalue weighted by atomic mass is 16.2. The van der Waals surface area contributed by atoms with Crippen LogP contribution in [0.5, 0.6) is 0 Å². The lowest BCUT2D eigenvalue weighted by Crippen LogP contribution is -2.44. The molecule has 0 N–H and O–H groups in total. The first-order valence-corrected chi connectivity index (χ1v) is 12.7. The molecular formula is C32H23N3O3. The first kappa shape index (κ1) is 22.4. The highest BCUT2D eigenvalue weighted by molar-refractivity contribution is 6.24. The van der Waals surface area contributed by atoms with Gasteiger partial charge >= 0.3 is 0 Å². The molecular weight excluding hydrogens is 474 g/mol. The Morgan fingerprint density at radius 1 is 0.658 bits per heavy atom. The number of Topliss-reactive ketones (excluding diaryl/α,β-unsaturated/α-hetero) is 1. The first-order valence-electron chi connectivity index (χ1n) is 12.7. The van der Waals surface area contributed by atoms with E-state index in [1.807, 2.05) is 72.8 Å². The van der Waals surface area contributed by atoms with E-state index in [1.54, 1.807) is 47.6 Å². The van der Waals surface area contributed by atoms with Gasteiger partial charge in [-0.15, -0.1) is 0 Å². The summed E-state index contributed by atoms with van der Waals surface area (Å²) in [6.07, 6.45) is 1.72. The number of carbonyl (C=O) groups is 3. The summed E-state index contributed by atoms with van der Waals surface area (Å²) >= 11 is 0. The quantitative estimate of drug-likeness (QED) is 0.290. The van der Waals surface area contributed by atoms with E-state index in [1.165, 1.54) is 4.90 Å². The molecule has 2 saturated heterocycles. The van der Waals surface area contributed by atoms with E-state index >= 15 is 0 Å². The molecule has 0 radical (unpaired) electrons. The van der Waals surface area contributed by atoms with Crippen LogP contribution in [0.1, 0.15) is 27.5 Å². The second-order valence-corrected chi connectivity index (χ2v) is 9.85. The van der Waals surface area contributed by atoms with Gasteiger partial charge in [-0.2, -0.15) is 5.10 Å². The summed E-state index contributed by atoms with van der Waals surface area (Å²) < 4.78 is 0. The SMILES string of the molecule is O=C(c1ccc(-c2ccccc2)cc1)[C@@H]1[C@H]2C(=O)N(c3ccccc3)C(=O)[C@@H]2[C@H]2c3ccccc3C=NN12. The number of amides is 2. The number of hydrogen-bond acceptors (Lipinski definition) is 5. The minimum atomic E-state index is -0.887. The van der Waals surface area contributed by atoms with Gasteiger partial charge in [-0.3, -0.25) is 19.4 Å². The number of ketones is 1. The summed E-state index contributed by atoms with van der Waals surface area (Å²) in [4.78, 5) is 43.2. The van der Waals surface area contributed by atoms with Crippen LogP contribution in [0, 0.1) is 11.8 Å². The molecule has 0 aliphatic carbocycles. The molecule has 6 heteroatoms. The molecule has 3 heterocycles. The van der Waals surface area contributed by atoms with Crippen molar-refractivity contribution in [3.63, 3.8) is 0 Å². The summed E-state index contributed by atoms with van der Waals surface area (Å²) in [7, 11) is 0. The van der Waals surface area contributed by atoms with E-state index in [0.717, 1.165) is 22.3 Å². The topological polar surface area (TPSA) is 70.0 Å². The summed E-state index contributed by atoms with van der Waals surface area (Å²) in [5.74, 6) is -2.40. The summed E-state index contributed by atoms with van der Waals surface area (Å²) in [6.45, 7) is 0. The lowest BCUT2D eigenvalue weighted by Gasteiger charge is -2.33. The van der Waals surface area contributed by atoms with Gasteiger partial charge in [0, 0.05) is 5.56 Å². The molecule has 0 bridgehead atoms. The molecule has 0 spiro atoms. The maximum atomic E-state index is 14.1. The predicted molar refractivity (Wildman–Crippen MR) is 145 cm³/mol. The number of carbonyl (C=O) groups excluding carboxylic acids is 3. The van der Waals surface area contributed by atoms with Gasteiger partial charge in [0.05, 0.1) is 29.8 Å². The van der Waals surface area contributed by atoms with Crippen molar-refractivity contribution in [2.75, 3.05) is 4.90 Å². The van der Waals surface area contributed by atoms with Gasteiger partial charge in [0.15, 0.2) is 5.78 Å². The minimum Gasteiger partial charge on any atom is -0.292 e. The van der Waals surface area contributed by atoms with Gasteiger partial charge in [-0.1, -0.05) is 97.1 Å². The smallest absolute Gasteiger partial charge is 0.240 e. The molecule has 184 valence electrons. The van der Waals surface area contributed by atoms with Crippen molar-refractivity contribution in [3.05, 3.63) is 126 Å². The fourth-order valence-electron chi connectivity index (χ4n) is 6.13. The van der Waals surface area contributed by atoms with Crippen LogP contribution in [0.15, 0.2) is 114 Å². The third-order valence-corrected chi connectivity index (χ3v) is 7.85. The van der Waals surface area contributed by atoms with Crippen LogP contribution in [0.2, 0.25) is 0 Å². The van der Waals surface area contributed by atoms with Crippen LogP contribution in [-0.4, -0.2) is 34.9 Å². The lowest BCUT2D eigenvalue weighted by molar-refractivity contribution is -0.124. The van der Waals surface area contributed by atoms with Crippen LogP contribution < -0.4 is 4.90 Å². The van der Waals surface area contributed by atoms with Gasteiger partial charge in [0.25, 0.3) is 0 Å². The van der Waals surface area contributed by atoms with Gasteiger partial charge in [0.2, 0.25) is 11.8 Å². The Kier molecular flexibility index (Phi) is 5.08. The Bertz CT molecular complexity index is 1600. The molecule has 3 aliphatic heterocycles. The van der Waals surface area contributed by atoms with Crippen molar-refractivity contribution in [1.82, 2.24) is 5.01 Å². The molecule has 0 saturated carbocycles. The Balaban J connectivity index is 1.31. The van der Waals surface area contributed by atoms with Crippen molar-refractivity contribution in [2.45, 2.75) is 12.1 Å². The number of nitrogens with zero attached hydrogens (tertiary/aromatic N) is 3. The number of hydrogen-bond donors (Lipinski definition) is 0. The van der Waals surface area contributed by atoms with E-state index in [0.29, 0.717) is 11.3 Å². The van der Waals surface area contributed by atoms with E-state index < -0.39 is 23.9 Å². The maximum Gasteiger partial charge on any atom is 0.240 e. The number of rotatable bonds is 4. The Morgan fingerprint density at radius 2 is 1.26 bits per heavy atom. The highest BCUT2D eigenvalue weighted by Gasteiger charge is 2.65. The normalized spacial score (nSPS) is 23.3. The van der Waals surface area contributed by atoms with E-state index in [-0.39, 0.29) is 17.6 Å². The monoisotopic (exact) mass is 497 g/mol. The van der Waals surface area contributed by atoms with E-state index in [4.69, 9.17) is 0 Å². The Hall–Kier alpha value is -4.84. The predicted octanol–water partition coefficient (Wildman–Crippen LogP) is 5.12. The van der Waals surface area contributed by atoms with Crippen molar-refractivity contribution in [1.29, 1.82) is 0 Å². The van der Waals surface area contributed by atoms with Crippen LogP contribution in [0.3, 0.4) is 0 Å². The molecule has 0 aromatic heterocycles. The van der Waals surface area contributed by atoms with Crippen LogP contribution >= 0.6 is 0 Å². The molecule has 2 amide bonds. The summed E-state index contributed by atoms with van der Waals surface area (Å²) in [5, 5.41) is 6.34. The minimum absolute atomic E-state index is 0.213. The standard InChI is InChI=1S/C32H23N3O3/c36-30(22-17-15-21(16-18-22)20-9-3-1-4-10-20)29-27-26(28-25-14-8-7-11-23(25)19-33-35(28)29)31(37)34(32(27)38)24-12-5-2-6-13-24/h1-19,26-29H/t26-,27-,28+,29-/m0/s1. The van der Waals surface area contributed by atoms with Gasteiger partial charge in [-0.25, -0.2) is 4.90 Å². The molecule has 7 rings (SSSR count). The third-order valence-electron chi connectivity index (χ3n) is 7.85. The summed E-state index contributed by atoms with van der Waals surface area (Å²) in [5.41, 5.74) is 4.86. The van der Waals surface area contributed by atoms with Gasteiger partial charge < -0.3 is 0 Å². The number of imide groups is 1. The number of para-hydroxylation sites is 1. The largest absolute Gasteiger partial charge is 0.292 e. The molecule has 4 aromatic rings. The first-order chi connectivity index (χ1) is 18.6. The maximum absolute atomic E-state index is 14.1. The molecule has 3 aliphatic rings. The lowest BCUT2D eigenvalue weighted by atomic mass is 9.83. The molecule has 38 heavy (non-hydrogen) atoms. The zero-order chi connectivity index (χ0) is 25.8. The molecule has 0 unspecified atom stereocenters. The average Bonchev–Trinajstić information content (AvgIpc) is 3.46. The van der Waals surface area contributed by atoms with Crippen LogP contribution in [0.25, 0.3) is 11.1 Å². The third kappa shape index (κ3) is 3.27. The molecule has 4 aromatic carbocycles. The number of hydrazone groups is 1. The zero-order valence-electron chi connectivity index (χ0n) is 20.3. The summed E-state index contributed by atoms with van der Waals surface area (Å²) in [6, 6.07) is 32.7. The van der Waals surface area contributed by atoms with Crippen molar-refractivity contribution in [2.24, 2.45) is 16.9 Å². The van der Waals surface area contributed by atoms with Gasteiger partial charge in [-0.05, 0) is 34.4 Å². The van der Waals surface area contributed by atoms with Crippen molar-refractivity contribution >= 4 is 29.5 Å². The van der Waals surface area contributed by atoms with E-state index in [2.05, 4.69) is 5.10 Å². The highest BCUT2D eigenvalue weighted by Crippen LogP contribution is 2.53. The zero-order valence-corrected chi connectivity index (χ0v) is 20.3. The Morgan fingerprint density at radius 3 is 2.00 bits per heavy atom. The number of benzene rings is 4. The number of fused-ring (bicyclic) bond motifs is 5. The molecule has 2 fully saturated rings. The fraction of sp³-hybridized carbons (Fsp3) is 0.125. The van der Waals surface area contributed by atoms with Crippen LogP contribution in [0.4, 0.5) is 5.69 Å². The van der Waals surface area contributed by atoms with Crippen molar-refractivity contribution < 1.29 is 14.4 Å². The van der Waals surface area contributed by atoms with Crippen LogP contribution in [-0.2, 0) is 9.59 Å².